The van der Waals surface area contributed by atoms with Crippen LogP contribution < -0.4 is 0 Å². The topological polar surface area (TPSA) is 3.24 Å². The van der Waals surface area contributed by atoms with E-state index in [0.29, 0.717) is 0 Å². The molecule has 0 aromatic rings. The van der Waals surface area contributed by atoms with E-state index in [-0.39, 0.29) is 0 Å². The molecule has 0 saturated carbocycles. The van der Waals surface area contributed by atoms with Crippen LogP contribution in [0.1, 0.15) is 51.9 Å². The van der Waals surface area contributed by atoms with Gasteiger partial charge in [-0.15, -0.1) is 0 Å². The minimum atomic E-state index is 1.31. The lowest BCUT2D eigenvalue weighted by Gasteiger charge is -2.25. The Hall–Kier alpha value is -0.0400. The molecule has 1 aliphatic heterocycles. The van der Waals surface area contributed by atoms with Gasteiger partial charge in [0.2, 0.25) is 0 Å². The number of hydrogen-bond donors (Lipinski definition) is 0. The average molecular weight is 168 g/mol. The van der Waals surface area contributed by atoms with Crippen LogP contribution in [0.25, 0.3) is 0 Å². The highest BCUT2D eigenvalue weighted by Gasteiger charge is 2.08. The average Bonchev–Trinajstić information content (AvgIpc) is 2.14. The summed E-state index contributed by atoms with van der Waals surface area (Å²) in [7, 11) is 0. The third kappa shape index (κ3) is 4.10. The van der Waals surface area contributed by atoms with Gasteiger partial charge in [-0.1, -0.05) is 32.6 Å². The number of piperidine rings is 1. The van der Waals surface area contributed by atoms with Crippen molar-refractivity contribution in [3.63, 3.8) is 0 Å². The van der Waals surface area contributed by atoms with Gasteiger partial charge in [0.15, 0.2) is 0 Å². The quantitative estimate of drug-likeness (QED) is 0.570. The molecule has 0 spiro atoms. The van der Waals surface area contributed by atoms with E-state index in [4.69, 9.17) is 0 Å². The predicted molar refractivity (Wildman–Crippen MR) is 53.9 cm³/mol. The fourth-order valence-electron chi connectivity index (χ4n) is 1.77. The van der Waals surface area contributed by atoms with Gasteiger partial charge in [-0.3, -0.25) is 4.90 Å². The molecule has 0 atom stereocenters. The molecule has 71 valence electrons. The summed E-state index contributed by atoms with van der Waals surface area (Å²) in [6.45, 7) is 7.29. The Kier molecular flexibility index (Phi) is 5.42. The number of unbranched alkanes of at least 4 members (excludes halogenated alkanes) is 3. The lowest BCUT2D eigenvalue weighted by atomic mass is 10.1. The molecule has 0 aromatic carbocycles. The summed E-state index contributed by atoms with van der Waals surface area (Å²) in [6, 6.07) is 0. The monoisotopic (exact) mass is 168 g/mol. The lowest BCUT2D eigenvalue weighted by molar-refractivity contribution is 0.275. The Morgan fingerprint density at radius 3 is 2.75 bits per heavy atom. The zero-order valence-electron chi connectivity index (χ0n) is 8.39. The highest BCUT2D eigenvalue weighted by Crippen LogP contribution is 2.13. The second kappa shape index (κ2) is 6.47. The molecular formula is C11H22N. The van der Waals surface area contributed by atoms with Crippen LogP contribution in [0.2, 0.25) is 0 Å². The fourth-order valence-corrected chi connectivity index (χ4v) is 1.77. The summed E-state index contributed by atoms with van der Waals surface area (Å²) in [5, 5.41) is 0. The Morgan fingerprint density at radius 1 is 1.17 bits per heavy atom. The molecule has 1 fully saturated rings. The number of likely N-dealkylation sites (tertiary alicyclic amines) is 1. The maximum atomic E-state index is 2.51. The molecule has 1 radical (unpaired) electrons. The molecule has 1 saturated heterocycles. The Morgan fingerprint density at radius 2 is 2.08 bits per heavy atom. The first kappa shape index (κ1) is 10.0. The van der Waals surface area contributed by atoms with Crippen molar-refractivity contribution in [2.45, 2.75) is 51.9 Å². The van der Waals surface area contributed by atoms with Gasteiger partial charge in [0.1, 0.15) is 0 Å². The van der Waals surface area contributed by atoms with Crippen molar-refractivity contribution < 1.29 is 0 Å². The predicted octanol–water partition coefficient (Wildman–Crippen LogP) is 3.21. The first-order valence-corrected chi connectivity index (χ1v) is 5.51. The van der Waals surface area contributed by atoms with Gasteiger partial charge >= 0.3 is 0 Å². The van der Waals surface area contributed by atoms with Gasteiger partial charge in [-0.25, -0.2) is 0 Å². The van der Waals surface area contributed by atoms with Crippen LogP contribution in [0.3, 0.4) is 0 Å². The molecule has 0 aliphatic carbocycles. The van der Waals surface area contributed by atoms with Gasteiger partial charge in [-0.05, 0) is 32.4 Å². The van der Waals surface area contributed by atoms with Crippen molar-refractivity contribution in [1.82, 2.24) is 4.90 Å². The van der Waals surface area contributed by atoms with Gasteiger partial charge in [0.05, 0.1) is 0 Å². The smallest absolute Gasteiger partial charge is 0.0251 e. The van der Waals surface area contributed by atoms with E-state index in [1.165, 1.54) is 58.0 Å². The van der Waals surface area contributed by atoms with Crippen LogP contribution >= 0.6 is 0 Å². The van der Waals surface area contributed by atoms with Crippen LogP contribution in [0, 0.1) is 6.54 Å². The van der Waals surface area contributed by atoms with E-state index in [1.54, 1.807) is 0 Å². The maximum absolute atomic E-state index is 2.51. The van der Waals surface area contributed by atoms with Gasteiger partial charge in [0.25, 0.3) is 0 Å². The summed E-state index contributed by atoms with van der Waals surface area (Å²) in [6.07, 6.45) is 9.70. The summed E-state index contributed by atoms with van der Waals surface area (Å²) in [5.74, 6) is 0. The first-order valence-electron chi connectivity index (χ1n) is 5.51. The van der Waals surface area contributed by atoms with E-state index in [1.807, 2.05) is 0 Å². The lowest BCUT2D eigenvalue weighted by Crippen LogP contribution is -2.26. The molecule has 1 rings (SSSR count). The molecule has 0 amide bonds. The summed E-state index contributed by atoms with van der Waals surface area (Å²) >= 11 is 0. The zero-order chi connectivity index (χ0) is 8.65. The Bertz CT molecular complexity index is 95.2. The maximum Gasteiger partial charge on any atom is 0.0251 e. The van der Waals surface area contributed by atoms with Crippen LogP contribution in [0.5, 0.6) is 0 Å². The van der Waals surface area contributed by atoms with Crippen molar-refractivity contribution in [2.24, 2.45) is 0 Å². The van der Waals surface area contributed by atoms with E-state index in [2.05, 4.69) is 18.4 Å². The molecule has 1 aliphatic rings. The fraction of sp³-hybridized carbons (Fsp3) is 0.909. The first-order chi connectivity index (χ1) is 5.93. The standard InChI is InChI=1S/C11H22N/c1-2-3-4-6-9-12-10-7-5-8-11-12/h10H,2-9,11H2,1H3. The third-order valence-corrected chi connectivity index (χ3v) is 2.59. The van der Waals surface area contributed by atoms with E-state index in [0.717, 1.165) is 0 Å². The number of rotatable bonds is 5. The van der Waals surface area contributed by atoms with E-state index in [9.17, 15) is 0 Å². The summed E-state index contributed by atoms with van der Waals surface area (Å²) in [4.78, 5) is 2.51. The minimum Gasteiger partial charge on any atom is -0.299 e. The molecule has 1 heterocycles. The summed E-state index contributed by atoms with van der Waals surface area (Å²) < 4.78 is 0. The van der Waals surface area contributed by atoms with Crippen LogP contribution in [-0.4, -0.2) is 18.0 Å². The SMILES string of the molecule is CCCCCCN1[CH]CCCC1. The number of nitrogens with zero attached hydrogens (tertiary/aromatic N) is 1. The second-order valence-corrected chi connectivity index (χ2v) is 3.77. The largest absolute Gasteiger partial charge is 0.299 e. The van der Waals surface area contributed by atoms with Crippen LogP contribution in [0.15, 0.2) is 0 Å². The van der Waals surface area contributed by atoms with E-state index >= 15 is 0 Å². The second-order valence-electron chi connectivity index (χ2n) is 3.77. The molecule has 1 nitrogen and oxygen atoms in total. The van der Waals surface area contributed by atoms with Crippen molar-refractivity contribution in [3.05, 3.63) is 6.54 Å². The minimum absolute atomic E-state index is 1.31. The molecule has 1 heteroatoms. The normalized spacial score (nSPS) is 19.8. The van der Waals surface area contributed by atoms with Crippen molar-refractivity contribution in [2.75, 3.05) is 13.1 Å². The summed E-state index contributed by atoms with van der Waals surface area (Å²) in [5.41, 5.74) is 0. The zero-order valence-corrected chi connectivity index (χ0v) is 8.39. The molecule has 0 bridgehead atoms. The number of hydrogen-bond acceptors (Lipinski definition) is 1. The molecule has 0 aromatic heterocycles. The van der Waals surface area contributed by atoms with Crippen molar-refractivity contribution >= 4 is 0 Å². The molecule has 0 N–H and O–H groups in total. The van der Waals surface area contributed by atoms with Gasteiger partial charge < -0.3 is 0 Å². The van der Waals surface area contributed by atoms with Crippen molar-refractivity contribution in [1.29, 1.82) is 0 Å². The highest BCUT2D eigenvalue weighted by atomic mass is 15.1. The van der Waals surface area contributed by atoms with E-state index < -0.39 is 0 Å². The molecule has 0 unspecified atom stereocenters. The van der Waals surface area contributed by atoms with Crippen LogP contribution in [0.4, 0.5) is 0 Å². The molecular weight excluding hydrogens is 146 g/mol. The van der Waals surface area contributed by atoms with Crippen LogP contribution in [-0.2, 0) is 0 Å². The molecule has 12 heavy (non-hydrogen) atoms. The van der Waals surface area contributed by atoms with Gasteiger partial charge in [0, 0.05) is 6.54 Å². The Labute approximate surface area is 77.1 Å². The highest BCUT2D eigenvalue weighted by molar-refractivity contribution is 4.73. The van der Waals surface area contributed by atoms with Crippen molar-refractivity contribution in [3.8, 4) is 0 Å². The third-order valence-electron chi connectivity index (χ3n) is 2.59. The van der Waals surface area contributed by atoms with Gasteiger partial charge in [-0.2, -0.15) is 0 Å². The Balaban J connectivity index is 1.91.